The van der Waals surface area contributed by atoms with Crippen LogP contribution in [0.2, 0.25) is 10.3 Å². The number of hydrogen-bond donors (Lipinski definition) is 1. The molecule has 2 rings (SSSR count). The van der Waals surface area contributed by atoms with Crippen LogP contribution in [0.15, 0.2) is 36.5 Å². The van der Waals surface area contributed by atoms with Gasteiger partial charge >= 0.3 is 0 Å². The van der Waals surface area contributed by atoms with Crippen LogP contribution in [0.25, 0.3) is 0 Å². The number of halogens is 2. The quantitative estimate of drug-likeness (QED) is 0.669. The van der Waals surface area contributed by atoms with Crippen LogP contribution in [-0.2, 0) is 6.42 Å². The molecule has 1 N–H and O–H groups in total. The maximum absolute atomic E-state index is 5.95. The standard InChI is InChI=1S/C13H13Cl2N3/c14-11-9-17-13(15)18-12(11)16-8-4-7-10-5-2-1-3-6-10/h1-3,5-6,9H,4,7-8H2,(H,16,17,18). The largest absolute Gasteiger partial charge is 0.369 e. The Bertz CT molecular complexity index is 503. The summed E-state index contributed by atoms with van der Waals surface area (Å²) in [7, 11) is 0. The molecule has 5 heteroatoms. The predicted molar refractivity (Wildman–Crippen MR) is 75.3 cm³/mol. The highest BCUT2D eigenvalue weighted by atomic mass is 35.5. The first-order valence-electron chi connectivity index (χ1n) is 5.71. The molecule has 1 aromatic heterocycles. The maximum atomic E-state index is 5.95. The number of rotatable bonds is 5. The van der Waals surface area contributed by atoms with Crippen molar-refractivity contribution in [3.05, 3.63) is 52.4 Å². The minimum Gasteiger partial charge on any atom is -0.369 e. The van der Waals surface area contributed by atoms with Crippen molar-refractivity contribution in [1.82, 2.24) is 9.97 Å². The fraction of sp³-hybridized carbons (Fsp3) is 0.231. The number of nitrogens with one attached hydrogen (secondary N) is 1. The lowest BCUT2D eigenvalue weighted by atomic mass is 10.1. The van der Waals surface area contributed by atoms with Crippen molar-refractivity contribution in [2.75, 3.05) is 11.9 Å². The molecule has 2 aromatic rings. The summed E-state index contributed by atoms with van der Waals surface area (Å²) in [6.07, 6.45) is 3.52. The molecule has 94 valence electrons. The molecular formula is C13H13Cl2N3. The Balaban J connectivity index is 1.80. The van der Waals surface area contributed by atoms with Crippen molar-refractivity contribution in [1.29, 1.82) is 0 Å². The van der Waals surface area contributed by atoms with Crippen LogP contribution >= 0.6 is 23.2 Å². The van der Waals surface area contributed by atoms with E-state index in [1.165, 1.54) is 11.8 Å². The highest BCUT2D eigenvalue weighted by molar-refractivity contribution is 6.33. The van der Waals surface area contributed by atoms with E-state index in [0.29, 0.717) is 10.8 Å². The molecule has 0 aliphatic heterocycles. The lowest BCUT2D eigenvalue weighted by Gasteiger charge is -2.07. The Labute approximate surface area is 116 Å². The zero-order valence-electron chi connectivity index (χ0n) is 9.74. The van der Waals surface area contributed by atoms with Crippen LogP contribution in [0, 0.1) is 0 Å². The second kappa shape index (κ2) is 6.57. The van der Waals surface area contributed by atoms with Crippen molar-refractivity contribution >= 4 is 29.0 Å². The molecule has 18 heavy (non-hydrogen) atoms. The molecule has 3 nitrogen and oxygen atoms in total. The first kappa shape index (κ1) is 13.1. The lowest BCUT2D eigenvalue weighted by molar-refractivity contribution is 0.858. The third-order valence-corrected chi connectivity index (χ3v) is 2.95. The summed E-state index contributed by atoms with van der Waals surface area (Å²) >= 11 is 11.7. The van der Waals surface area contributed by atoms with Crippen LogP contribution in [-0.4, -0.2) is 16.5 Å². The van der Waals surface area contributed by atoms with Crippen LogP contribution in [0.3, 0.4) is 0 Å². The second-order valence-electron chi connectivity index (χ2n) is 3.85. The molecule has 0 bridgehead atoms. The van der Waals surface area contributed by atoms with Crippen LogP contribution in [0.5, 0.6) is 0 Å². The SMILES string of the molecule is Clc1ncc(Cl)c(NCCCc2ccccc2)n1. The minimum atomic E-state index is 0.199. The van der Waals surface area contributed by atoms with E-state index in [-0.39, 0.29) is 5.28 Å². The number of anilines is 1. The third kappa shape index (κ3) is 3.86. The number of nitrogens with zero attached hydrogens (tertiary/aromatic N) is 2. The van der Waals surface area contributed by atoms with Gasteiger partial charge in [0.1, 0.15) is 10.8 Å². The molecule has 0 radical (unpaired) electrons. The number of aryl methyl sites for hydroxylation is 1. The van der Waals surface area contributed by atoms with E-state index >= 15 is 0 Å². The molecule has 0 unspecified atom stereocenters. The van der Waals surface area contributed by atoms with E-state index in [9.17, 15) is 0 Å². The molecule has 0 spiro atoms. The van der Waals surface area contributed by atoms with E-state index in [4.69, 9.17) is 23.2 Å². The zero-order valence-corrected chi connectivity index (χ0v) is 11.2. The lowest BCUT2D eigenvalue weighted by Crippen LogP contribution is -2.05. The normalized spacial score (nSPS) is 10.3. The average Bonchev–Trinajstić information content (AvgIpc) is 2.40. The van der Waals surface area contributed by atoms with Crippen LogP contribution < -0.4 is 5.32 Å². The van der Waals surface area contributed by atoms with Gasteiger partial charge in [0.25, 0.3) is 0 Å². The summed E-state index contributed by atoms with van der Waals surface area (Å²) in [6, 6.07) is 10.3. The van der Waals surface area contributed by atoms with Gasteiger partial charge in [0.15, 0.2) is 0 Å². The number of benzene rings is 1. The Morgan fingerprint density at radius 1 is 1.11 bits per heavy atom. The van der Waals surface area contributed by atoms with E-state index in [2.05, 4.69) is 27.4 Å². The predicted octanol–water partition coefficient (Wildman–Crippen LogP) is 3.83. The van der Waals surface area contributed by atoms with Gasteiger partial charge in [-0.3, -0.25) is 0 Å². The van der Waals surface area contributed by atoms with Crippen LogP contribution in [0.4, 0.5) is 5.82 Å². The van der Waals surface area contributed by atoms with Gasteiger partial charge in [0, 0.05) is 6.54 Å². The Hall–Kier alpha value is -1.32. The molecule has 0 saturated carbocycles. The molecule has 0 aliphatic rings. The number of hydrogen-bond acceptors (Lipinski definition) is 3. The summed E-state index contributed by atoms with van der Waals surface area (Å²) in [5.74, 6) is 0.588. The maximum Gasteiger partial charge on any atom is 0.224 e. The highest BCUT2D eigenvalue weighted by Crippen LogP contribution is 2.19. The summed E-state index contributed by atoms with van der Waals surface area (Å²) in [4.78, 5) is 7.83. The van der Waals surface area contributed by atoms with E-state index in [0.717, 1.165) is 19.4 Å². The minimum absolute atomic E-state index is 0.199. The number of aromatic nitrogens is 2. The fourth-order valence-corrected chi connectivity index (χ4v) is 1.90. The Morgan fingerprint density at radius 2 is 1.89 bits per heavy atom. The summed E-state index contributed by atoms with van der Waals surface area (Å²) in [5.41, 5.74) is 1.33. The highest BCUT2D eigenvalue weighted by Gasteiger charge is 2.03. The average molecular weight is 282 g/mol. The topological polar surface area (TPSA) is 37.8 Å². The van der Waals surface area contributed by atoms with E-state index in [1.807, 2.05) is 18.2 Å². The van der Waals surface area contributed by atoms with Crippen LogP contribution in [0.1, 0.15) is 12.0 Å². The van der Waals surface area contributed by atoms with Gasteiger partial charge in [-0.2, -0.15) is 4.98 Å². The smallest absolute Gasteiger partial charge is 0.224 e. The van der Waals surface area contributed by atoms with E-state index in [1.54, 1.807) is 0 Å². The first-order chi connectivity index (χ1) is 8.75. The van der Waals surface area contributed by atoms with Crippen molar-refractivity contribution in [3.63, 3.8) is 0 Å². The molecule has 0 saturated heterocycles. The first-order valence-corrected chi connectivity index (χ1v) is 6.47. The Kier molecular flexibility index (Phi) is 4.79. The van der Waals surface area contributed by atoms with Gasteiger partial charge in [-0.1, -0.05) is 41.9 Å². The monoisotopic (exact) mass is 281 g/mol. The van der Waals surface area contributed by atoms with Gasteiger partial charge in [-0.25, -0.2) is 4.98 Å². The van der Waals surface area contributed by atoms with Crippen molar-refractivity contribution in [2.24, 2.45) is 0 Å². The molecular weight excluding hydrogens is 269 g/mol. The van der Waals surface area contributed by atoms with Gasteiger partial charge < -0.3 is 5.32 Å². The summed E-state index contributed by atoms with van der Waals surface area (Å²) in [6.45, 7) is 0.794. The van der Waals surface area contributed by atoms with Gasteiger partial charge in [0.05, 0.1) is 6.20 Å². The van der Waals surface area contributed by atoms with Crippen molar-refractivity contribution in [2.45, 2.75) is 12.8 Å². The van der Waals surface area contributed by atoms with Crippen molar-refractivity contribution in [3.8, 4) is 0 Å². The van der Waals surface area contributed by atoms with Gasteiger partial charge in [0.2, 0.25) is 5.28 Å². The fourth-order valence-electron chi connectivity index (χ4n) is 1.61. The summed E-state index contributed by atoms with van der Waals surface area (Å²) in [5, 5.41) is 3.84. The summed E-state index contributed by atoms with van der Waals surface area (Å²) < 4.78 is 0. The van der Waals surface area contributed by atoms with E-state index < -0.39 is 0 Å². The zero-order chi connectivity index (χ0) is 12.8. The van der Waals surface area contributed by atoms with Gasteiger partial charge in [-0.05, 0) is 30.0 Å². The molecule has 0 fully saturated rings. The molecule has 1 heterocycles. The Morgan fingerprint density at radius 3 is 2.67 bits per heavy atom. The van der Waals surface area contributed by atoms with Gasteiger partial charge in [-0.15, -0.1) is 0 Å². The second-order valence-corrected chi connectivity index (χ2v) is 4.60. The molecule has 0 amide bonds. The van der Waals surface area contributed by atoms with Crippen molar-refractivity contribution < 1.29 is 0 Å². The molecule has 1 aromatic carbocycles. The molecule has 0 atom stereocenters. The molecule has 0 aliphatic carbocycles. The third-order valence-electron chi connectivity index (χ3n) is 2.49.